The van der Waals surface area contributed by atoms with E-state index in [1.807, 2.05) is 42.2 Å². The zero-order chi connectivity index (χ0) is 14.4. The summed E-state index contributed by atoms with van der Waals surface area (Å²) in [4.78, 5) is 19.5. The van der Waals surface area contributed by atoms with Gasteiger partial charge in [0.25, 0.3) is 5.91 Å². The van der Waals surface area contributed by atoms with Crippen molar-refractivity contribution in [2.45, 2.75) is 6.92 Å². The average molecular weight is 281 g/mol. The van der Waals surface area contributed by atoms with Crippen LogP contribution in [-0.4, -0.2) is 42.0 Å². The predicted octanol–water partition coefficient (Wildman–Crippen LogP) is 1.83. The highest BCUT2D eigenvalue weighted by atomic mass is 16.2. The van der Waals surface area contributed by atoms with Crippen molar-refractivity contribution < 1.29 is 4.79 Å². The summed E-state index contributed by atoms with van der Waals surface area (Å²) in [5.74, 6) is 1.38. The van der Waals surface area contributed by atoms with Crippen molar-refractivity contribution in [3.8, 4) is 0 Å². The molecule has 4 rings (SSSR count). The lowest BCUT2D eigenvalue weighted by atomic mass is 10.0. The Balaban J connectivity index is 1.70. The van der Waals surface area contributed by atoms with E-state index in [1.54, 1.807) is 0 Å². The highest BCUT2D eigenvalue weighted by Crippen LogP contribution is 2.28. The molecular weight excluding hydrogens is 262 g/mol. The second-order valence-corrected chi connectivity index (χ2v) is 6.22. The van der Waals surface area contributed by atoms with Crippen LogP contribution in [-0.2, 0) is 0 Å². The molecule has 0 bridgehead atoms. The van der Waals surface area contributed by atoms with Gasteiger partial charge in [0, 0.05) is 37.3 Å². The molecule has 4 nitrogen and oxygen atoms in total. The Hall–Kier alpha value is -1.94. The summed E-state index contributed by atoms with van der Waals surface area (Å²) in [6, 6.07) is 9.90. The molecule has 0 spiro atoms. The number of nitrogens with zero attached hydrogens (tertiary/aromatic N) is 2. The first-order valence-corrected chi connectivity index (χ1v) is 7.59. The van der Waals surface area contributed by atoms with Crippen molar-refractivity contribution in [3.05, 3.63) is 41.6 Å². The van der Waals surface area contributed by atoms with Crippen LogP contribution in [0.15, 0.2) is 30.3 Å². The molecule has 108 valence electrons. The number of nitrogens with one attached hydrogen (secondary N) is 1. The van der Waals surface area contributed by atoms with Crippen molar-refractivity contribution in [2.24, 2.45) is 11.8 Å². The van der Waals surface area contributed by atoms with Gasteiger partial charge in [0.2, 0.25) is 0 Å². The molecule has 0 radical (unpaired) electrons. The van der Waals surface area contributed by atoms with Crippen molar-refractivity contribution >= 4 is 16.8 Å². The average Bonchev–Trinajstić information content (AvgIpc) is 3.07. The number of aryl methyl sites for hydroxylation is 1. The fourth-order valence-corrected chi connectivity index (χ4v) is 3.61. The van der Waals surface area contributed by atoms with Crippen molar-refractivity contribution in [1.29, 1.82) is 0 Å². The van der Waals surface area contributed by atoms with E-state index in [9.17, 15) is 4.79 Å². The van der Waals surface area contributed by atoms with Crippen LogP contribution in [0.3, 0.4) is 0 Å². The number of hydrogen-bond acceptors (Lipinski definition) is 3. The fraction of sp³-hybridized carbons (Fsp3) is 0.412. The number of aromatic nitrogens is 1. The molecule has 2 saturated heterocycles. The number of amides is 1. The van der Waals surface area contributed by atoms with Crippen LogP contribution in [0.5, 0.6) is 0 Å². The molecule has 2 aromatic rings. The zero-order valence-electron chi connectivity index (χ0n) is 12.2. The molecule has 1 aromatic carbocycles. The SMILES string of the molecule is Cc1ccc2cccc(C(=O)N3C[C@H]4CNC[C@H]4C3)c2n1. The molecule has 21 heavy (non-hydrogen) atoms. The first-order chi connectivity index (χ1) is 10.2. The van der Waals surface area contributed by atoms with E-state index in [4.69, 9.17) is 0 Å². The number of carbonyl (C=O) groups excluding carboxylic acids is 1. The first-order valence-electron chi connectivity index (χ1n) is 7.59. The van der Waals surface area contributed by atoms with Crippen LogP contribution in [0.4, 0.5) is 0 Å². The van der Waals surface area contributed by atoms with Gasteiger partial charge in [0.1, 0.15) is 0 Å². The lowest BCUT2D eigenvalue weighted by molar-refractivity contribution is 0.0783. The van der Waals surface area contributed by atoms with Gasteiger partial charge < -0.3 is 10.2 Å². The highest BCUT2D eigenvalue weighted by molar-refractivity contribution is 6.05. The number of fused-ring (bicyclic) bond motifs is 2. The molecule has 3 heterocycles. The molecule has 0 aliphatic carbocycles. The second kappa shape index (κ2) is 4.81. The van der Waals surface area contributed by atoms with Crippen LogP contribution < -0.4 is 5.32 Å². The molecule has 1 aromatic heterocycles. The first kappa shape index (κ1) is 12.8. The topological polar surface area (TPSA) is 45.2 Å². The van der Waals surface area contributed by atoms with Gasteiger partial charge in [-0.05, 0) is 30.9 Å². The molecule has 0 saturated carbocycles. The monoisotopic (exact) mass is 281 g/mol. The molecule has 1 N–H and O–H groups in total. The molecule has 2 aliphatic rings. The van der Waals surface area contributed by atoms with Gasteiger partial charge in [0.05, 0.1) is 11.1 Å². The summed E-state index contributed by atoms with van der Waals surface area (Å²) in [5, 5.41) is 4.45. The van der Waals surface area contributed by atoms with Crippen molar-refractivity contribution in [2.75, 3.05) is 26.2 Å². The second-order valence-electron chi connectivity index (χ2n) is 6.22. The zero-order valence-corrected chi connectivity index (χ0v) is 12.2. The maximum absolute atomic E-state index is 12.9. The van der Waals surface area contributed by atoms with Crippen LogP contribution >= 0.6 is 0 Å². The lowest BCUT2D eigenvalue weighted by Crippen LogP contribution is -2.32. The van der Waals surface area contributed by atoms with Gasteiger partial charge in [-0.2, -0.15) is 0 Å². The molecule has 0 unspecified atom stereocenters. The Morgan fingerprint density at radius 2 is 1.95 bits per heavy atom. The maximum Gasteiger partial charge on any atom is 0.256 e. The third-order valence-electron chi connectivity index (χ3n) is 4.77. The van der Waals surface area contributed by atoms with E-state index in [2.05, 4.69) is 10.3 Å². The van der Waals surface area contributed by atoms with E-state index < -0.39 is 0 Å². The normalized spacial score (nSPS) is 24.5. The standard InChI is InChI=1S/C17H19N3O/c1-11-5-6-12-3-2-4-15(16(12)19-11)17(21)20-9-13-7-18-8-14(13)10-20/h2-6,13-14,18H,7-10H2,1H3/t13-,14+. The number of carbonyl (C=O) groups is 1. The summed E-state index contributed by atoms with van der Waals surface area (Å²) in [7, 11) is 0. The minimum absolute atomic E-state index is 0.133. The molecule has 1 amide bonds. The number of pyridine rings is 1. The number of likely N-dealkylation sites (tertiary alicyclic amines) is 1. The smallest absolute Gasteiger partial charge is 0.256 e. The number of para-hydroxylation sites is 1. The van der Waals surface area contributed by atoms with E-state index >= 15 is 0 Å². The predicted molar refractivity (Wildman–Crippen MR) is 82.2 cm³/mol. The fourth-order valence-electron chi connectivity index (χ4n) is 3.61. The van der Waals surface area contributed by atoms with E-state index in [0.717, 1.165) is 48.3 Å². The quantitative estimate of drug-likeness (QED) is 0.867. The maximum atomic E-state index is 12.9. The van der Waals surface area contributed by atoms with E-state index in [1.165, 1.54) is 0 Å². The molecular formula is C17H19N3O. The summed E-state index contributed by atoms with van der Waals surface area (Å²) < 4.78 is 0. The summed E-state index contributed by atoms with van der Waals surface area (Å²) in [5.41, 5.74) is 2.52. The highest BCUT2D eigenvalue weighted by Gasteiger charge is 2.38. The van der Waals surface area contributed by atoms with Gasteiger partial charge in [0.15, 0.2) is 0 Å². The number of rotatable bonds is 1. The van der Waals surface area contributed by atoms with Crippen LogP contribution in [0.1, 0.15) is 16.1 Å². The minimum atomic E-state index is 0.133. The third kappa shape index (κ3) is 2.10. The molecule has 2 fully saturated rings. The Bertz CT molecular complexity index is 700. The number of hydrogen-bond donors (Lipinski definition) is 1. The van der Waals surface area contributed by atoms with Gasteiger partial charge in [-0.25, -0.2) is 0 Å². The van der Waals surface area contributed by atoms with Gasteiger partial charge in [-0.1, -0.05) is 18.2 Å². The van der Waals surface area contributed by atoms with Crippen molar-refractivity contribution in [3.63, 3.8) is 0 Å². The van der Waals surface area contributed by atoms with Crippen molar-refractivity contribution in [1.82, 2.24) is 15.2 Å². The van der Waals surface area contributed by atoms with Crippen LogP contribution in [0, 0.1) is 18.8 Å². The minimum Gasteiger partial charge on any atom is -0.338 e. The third-order valence-corrected chi connectivity index (χ3v) is 4.77. The Morgan fingerprint density at radius 3 is 2.71 bits per heavy atom. The van der Waals surface area contributed by atoms with E-state index in [-0.39, 0.29) is 5.91 Å². The summed E-state index contributed by atoms with van der Waals surface area (Å²) in [6.45, 7) is 5.80. The molecule has 4 heteroatoms. The summed E-state index contributed by atoms with van der Waals surface area (Å²) in [6.07, 6.45) is 0. The Kier molecular flexibility index (Phi) is 2.93. The van der Waals surface area contributed by atoms with Crippen LogP contribution in [0.25, 0.3) is 10.9 Å². The molecule has 2 aliphatic heterocycles. The van der Waals surface area contributed by atoms with Gasteiger partial charge in [-0.15, -0.1) is 0 Å². The van der Waals surface area contributed by atoms with Gasteiger partial charge in [-0.3, -0.25) is 9.78 Å². The van der Waals surface area contributed by atoms with Gasteiger partial charge >= 0.3 is 0 Å². The Labute approximate surface area is 124 Å². The number of benzene rings is 1. The Morgan fingerprint density at radius 1 is 1.19 bits per heavy atom. The van der Waals surface area contributed by atoms with Crippen LogP contribution in [0.2, 0.25) is 0 Å². The molecule has 2 atom stereocenters. The summed E-state index contributed by atoms with van der Waals surface area (Å²) >= 11 is 0. The lowest BCUT2D eigenvalue weighted by Gasteiger charge is -2.18. The largest absolute Gasteiger partial charge is 0.338 e. The van der Waals surface area contributed by atoms with E-state index in [0.29, 0.717) is 11.8 Å².